The maximum absolute atomic E-state index is 13.7. The van der Waals surface area contributed by atoms with Crippen LogP contribution in [-0.4, -0.2) is 24.7 Å². The lowest BCUT2D eigenvalue weighted by Gasteiger charge is -2.13. The molecule has 0 atom stereocenters. The standard InChI is InChI=1S/C33H34N2O4S/c1-4-38-33(37)24-15-13-23(14-16-24)28-18-17-25(39-28)20-34-32-30(26-9-7-5-6-8-10-29(26)40-32)31(36)35-27-19-21(2)11-12-22(27)3/h11-20H,4-10H2,1-3H3,(H,35,36). The van der Waals surface area contributed by atoms with Gasteiger partial charge in [0.2, 0.25) is 0 Å². The topological polar surface area (TPSA) is 80.9 Å². The van der Waals surface area contributed by atoms with Crippen LogP contribution in [0.25, 0.3) is 11.3 Å². The summed E-state index contributed by atoms with van der Waals surface area (Å²) in [6, 6.07) is 16.9. The predicted octanol–water partition coefficient (Wildman–Crippen LogP) is 8.46. The van der Waals surface area contributed by atoms with Crippen LogP contribution in [0.4, 0.5) is 10.7 Å². The highest BCUT2D eigenvalue weighted by Gasteiger charge is 2.24. The molecule has 40 heavy (non-hydrogen) atoms. The minimum Gasteiger partial charge on any atom is -0.462 e. The average molecular weight is 555 g/mol. The molecule has 1 N–H and O–H groups in total. The Morgan fingerprint density at radius 2 is 1.77 bits per heavy atom. The summed E-state index contributed by atoms with van der Waals surface area (Å²) in [6.45, 7) is 6.15. The Hall–Kier alpha value is -3.97. The molecule has 5 rings (SSSR count). The molecule has 2 aromatic carbocycles. The number of aryl methyl sites for hydroxylation is 3. The molecule has 0 fully saturated rings. The van der Waals surface area contributed by atoms with E-state index in [2.05, 4.69) is 5.32 Å². The highest BCUT2D eigenvalue weighted by molar-refractivity contribution is 7.16. The van der Waals surface area contributed by atoms with Crippen molar-refractivity contribution in [2.75, 3.05) is 11.9 Å². The van der Waals surface area contributed by atoms with Gasteiger partial charge in [0, 0.05) is 16.1 Å². The van der Waals surface area contributed by atoms with Gasteiger partial charge in [-0.05, 0) is 93.5 Å². The van der Waals surface area contributed by atoms with Crippen LogP contribution in [0.1, 0.15) is 80.7 Å². The first-order valence-corrected chi connectivity index (χ1v) is 14.7. The number of aliphatic imine (C=N–C) groups is 1. The number of rotatable bonds is 7. The molecule has 0 aliphatic heterocycles. The van der Waals surface area contributed by atoms with Crippen molar-refractivity contribution in [1.82, 2.24) is 0 Å². The van der Waals surface area contributed by atoms with Gasteiger partial charge in [0.1, 0.15) is 16.5 Å². The predicted molar refractivity (Wildman–Crippen MR) is 161 cm³/mol. The molecule has 0 saturated carbocycles. The maximum atomic E-state index is 13.7. The minimum atomic E-state index is -0.344. The van der Waals surface area contributed by atoms with E-state index >= 15 is 0 Å². The average Bonchev–Trinajstić information content (AvgIpc) is 3.54. The molecular weight excluding hydrogens is 520 g/mol. The van der Waals surface area contributed by atoms with E-state index in [0.29, 0.717) is 34.3 Å². The summed E-state index contributed by atoms with van der Waals surface area (Å²) >= 11 is 1.62. The van der Waals surface area contributed by atoms with E-state index < -0.39 is 0 Å². The lowest BCUT2D eigenvalue weighted by atomic mass is 9.96. The number of carbonyl (C=O) groups excluding carboxylic acids is 2. The summed E-state index contributed by atoms with van der Waals surface area (Å²) in [7, 11) is 0. The van der Waals surface area contributed by atoms with Gasteiger partial charge in [-0.2, -0.15) is 0 Å². The number of amides is 1. The van der Waals surface area contributed by atoms with E-state index in [0.717, 1.165) is 53.6 Å². The number of carbonyl (C=O) groups is 2. The van der Waals surface area contributed by atoms with Crippen molar-refractivity contribution in [3.63, 3.8) is 0 Å². The minimum absolute atomic E-state index is 0.110. The van der Waals surface area contributed by atoms with Crippen molar-refractivity contribution in [3.05, 3.63) is 93.1 Å². The number of benzene rings is 2. The molecule has 0 spiro atoms. The summed E-state index contributed by atoms with van der Waals surface area (Å²) in [4.78, 5) is 31.7. The van der Waals surface area contributed by atoms with Gasteiger partial charge in [-0.25, -0.2) is 9.79 Å². The molecule has 1 aliphatic rings. The molecule has 0 unspecified atom stereocenters. The Morgan fingerprint density at radius 1 is 1.00 bits per heavy atom. The zero-order valence-corrected chi connectivity index (χ0v) is 24.0. The first kappa shape index (κ1) is 27.6. The molecule has 0 radical (unpaired) electrons. The van der Waals surface area contributed by atoms with Gasteiger partial charge in [-0.15, -0.1) is 11.3 Å². The highest BCUT2D eigenvalue weighted by Crippen LogP contribution is 2.39. The van der Waals surface area contributed by atoms with Crippen LogP contribution in [-0.2, 0) is 17.6 Å². The van der Waals surface area contributed by atoms with Gasteiger partial charge >= 0.3 is 5.97 Å². The largest absolute Gasteiger partial charge is 0.462 e. The molecule has 0 bridgehead atoms. The number of hydrogen-bond acceptors (Lipinski definition) is 6. The Labute approximate surface area is 239 Å². The van der Waals surface area contributed by atoms with Crippen molar-refractivity contribution >= 4 is 40.1 Å². The fourth-order valence-corrected chi connectivity index (χ4v) is 6.20. The van der Waals surface area contributed by atoms with E-state index in [9.17, 15) is 9.59 Å². The maximum Gasteiger partial charge on any atom is 0.338 e. The lowest BCUT2D eigenvalue weighted by Crippen LogP contribution is -2.15. The second-order valence-electron chi connectivity index (χ2n) is 10.1. The van der Waals surface area contributed by atoms with Crippen LogP contribution in [0.15, 0.2) is 64.0 Å². The number of ether oxygens (including phenoxy) is 1. The van der Waals surface area contributed by atoms with Crippen LogP contribution in [0.5, 0.6) is 0 Å². The van der Waals surface area contributed by atoms with E-state index in [1.807, 2.05) is 56.3 Å². The van der Waals surface area contributed by atoms with Gasteiger partial charge in [0.25, 0.3) is 5.91 Å². The molecule has 7 heteroatoms. The molecule has 4 aromatic rings. The summed E-state index contributed by atoms with van der Waals surface area (Å²) in [5, 5.41) is 3.88. The van der Waals surface area contributed by atoms with Crippen LogP contribution >= 0.6 is 11.3 Å². The molecule has 2 aromatic heterocycles. The van der Waals surface area contributed by atoms with Crippen LogP contribution in [0.2, 0.25) is 0 Å². The summed E-state index contributed by atoms with van der Waals surface area (Å²) in [5.41, 5.74) is 6.13. The van der Waals surface area contributed by atoms with E-state index in [1.165, 1.54) is 17.7 Å². The van der Waals surface area contributed by atoms with Gasteiger partial charge in [0.15, 0.2) is 0 Å². The summed E-state index contributed by atoms with van der Waals surface area (Å²) in [5.74, 6) is 0.805. The van der Waals surface area contributed by atoms with Crippen molar-refractivity contribution < 1.29 is 18.7 Å². The normalized spacial score (nSPS) is 13.5. The van der Waals surface area contributed by atoms with Gasteiger partial charge < -0.3 is 14.5 Å². The quantitative estimate of drug-likeness (QED) is 0.184. The number of nitrogens with zero attached hydrogens (tertiary/aromatic N) is 1. The van der Waals surface area contributed by atoms with Crippen LogP contribution in [0.3, 0.4) is 0 Å². The Morgan fingerprint density at radius 3 is 2.55 bits per heavy atom. The fraction of sp³-hybridized carbons (Fsp3) is 0.303. The third kappa shape index (κ3) is 6.26. The first-order chi connectivity index (χ1) is 19.4. The molecule has 1 aliphatic carbocycles. The monoisotopic (exact) mass is 554 g/mol. The number of furan rings is 1. The Kier molecular flexibility index (Phi) is 8.60. The Bertz CT molecular complexity index is 1550. The van der Waals surface area contributed by atoms with Crippen molar-refractivity contribution in [3.8, 4) is 11.3 Å². The van der Waals surface area contributed by atoms with Crippen LogP contribution in [0, 0.1) is 13.8 Å². The fourth-order valence-electron chi connectivity index (χ4n) is 4.97. The molecule has 206 valence electrons. The van der Waals surface area contributed by atoms with E-state index in [1.54, 1.807) is 36.6 Å². The SMILES string of the molecule is CCOC(=O)c1ccc(-c2ccc(C=Nc3sc4c(c3C(=O)Nc3cc(C)ccc3C)CCCCCC4)o2)cc1. The molecule has 6 nitrogen and oxygen atoms in total. The van der Waals surface area contributed by atoms with Crippen LogP contribution < -0.4 is 5.32 Å². The molecule has 1 amide bonds. The summed E-state index contributed by atoms with van der Waals surface area (Å²) < 4.78 is 11.1. The molecule has 0 saturated heterocycles. The summed E-state index contributed by atoms with van der Waals surface area (Å²) in [6.07, 6.45) is 8.16. The van der Waals surface area contributed by atoms with Gasteiger partial charge in [-0.3, -0.25) is 4.79 Å². The zero-order chi connectivity index (χ0) is 28.1. The van der Waals surface area contributed by atoms with E-state index in [4.69, 9.17) is 14.1 Å². The molecule has 2 heterocycles. The number of nitrogens with one attached hydrogen (secondary N) is 1. The second-order valence-corrected chi connectivity index (χ2v) is 11.2. The van der Waals surface area contributed by atoms with Crippen molar-refractivity contribution in [1.29, 1.82) is 0 Å². The van der Waals surface area contributed by atoms with Gasteiger partial charge in [-0.1, -0.05) is 37.1 Å². The molecular formula is C33H34N2O4S. The number of thiophene rings is 1. The third-order valence-electron chi connectivity index (χ3n) is 7.14. The van der Waals surface area contributed by atoms with E-state index in [-0.39, 0.29) is 11.9 Å². The number of hydrogen-bond donors (Lipinski definition) is 1. The first-order valence-electron chi connectivity index (χ1n) is 13.9. The number of fused-ring (bicyclic) bond motifs is 1. The number of esters is 1. The van der Waals surface area contributed by atoms with Crippen molar-refractivity contribution in [2.24, 2.45) is 4.99 Å². The highest BCUT2D eigenvalue weighted by atomic mass is 32.1. The zero-order valence-electron chi connectivity index (χ0n) is 23.2. The number of anilines is 1. The lowest BCUT2D eigenvalue weighted by molar-refractivity contribution is 0.0526. The smallest absolute Gasteiger partial charge is 0.338 e. The van der Waals surface area contributed by atoms with Gasteiger partial charge in [0.05, 0.1) is 23.9 Å². The second kappa shape index (κ2) is 12.5. The third-order valence-corrected chi connectivity index (χ3v) is 8.34. The van der Waals surface area contributed by atoms with Crippen molar-refractivity contribution in [2.45, 2.75) is 59.3 Å². The Balaban J connectivity index is 1.42.